The van der Waals surface area contributed by atoms with E-state index in [1.165, 1.54) is 5.56 Å². The number of aromatic nitrogens is 1. The molecule has 1 aromatic carbocycles. The molecule has 0 spiro atoms. The van der Waals surface area contributed by atoms with Gasteiger partial charge in [0, 0.05) is 11.1 Å². The Labute approximate surface area is 95.1 Å². The van der Waals surface area contributed by atoms with Gasteiger partial charge in [0.1, 0.15) is 0 Å². The zero-order valence-electron chi connectivity index (χ0n) is 9.10. The van der Waals surface area contributed by atoms with Gasteiger partial charge < -0.3 is 0 Å². The van der Waals surface area contributed by atoms with Crippen molar-refractivity contribution in [3.05, 3.63) is 58.6 Å². The molecule has 2 aromatic rings. The summed E-state index contributed by atoms with van der Waals surface area (Å²) in [6, 6.07) is 10.0. The Kier molecular flexibility index (Phi) is 4.78. The summed E-state index contributed by atoms with van der Waals surface area (Å²) in [7, 11) is 0. The van der Waals surface area contributed by atoms with Gasteiger partial charge in [0.2, 0.25) is 0 Å². The molecule has 0 aliphatic rings. The Hall–Kier alpha value is -1.41. The van der Waals surface area contributed by atoms with Crippen molar-refractivity contribution in [2.75, 3.05) is 0 Å². The molecule has 0 radical (unpaired) electrons. The predicted molar refractivity (Wildman–Crippen MR) is 68.1 cm³/mol. The van der Waals surface area contributed by atoms with E-state index in [0.29, 0.717) is 0 Å². The van der Waals surface area contributed by atoms with Crippen LogP contribution in [0, 0.1) is 13.8 Å². The number of benzene rings is 1. The van der Waals surface area contributed by atoms with E-state index >= 15 is 0 Å². The zero-order chi connectivity index (χ0) is 11.1. The monoisotopic (exact) mass is 217 g/mol. The maximum atomic E-state index is 4.13. The minimum atomic E-state index is 1.13. The Morgan fingerprint density at radius 3 is 2.13 bits per heavy atom. The molecule has 78 valence electrons. The molecule has 0 unspecified atom stereocenters. The van der Waals surface area contributed by atoms with Crippen molar-refractivity contribution in [1.82, 2.24) is 4.98 Å². The van der Waals surface area contributed by atoms with Crippen LogP contribution >= 0.6 is 11.3 Å². The summed E-state index contributed by atoms with van der Waals surface area (Å²) in [6.07, 6.45) is 1.83. The minimum Gasteiger partial charge on any atom is -0.247 e. The van der Waals surface area contributed by atoms with E-state index < -0.39 is 0 Å². The summed E-state index contributed by atoms with van der Waals surface area (Å²) in [4.78, 5) is 4.13. The first-order valence-corrected chi connectivity index (χ1v) is 5.66. The maximum absolute atomic E-state index is 4.13. The Morgan fingerprint density at radius 2 is 1.87 bits per heavy atom. The maximum Gasteiger partial charge on any atom is 0.0897 e. The lowest BCUT2D eigenvalue weighted by Crippen LogP contribution is -1.67. The van der Waals surface area contributed by atoms with Gasteiger partial charge in [-0.25, -0.2) is 4.98 Å². The van der Waals surface area contributed by atoms with Crippen molar-refractivity contribution < 1.29 is 0 Å². The molecule has 0 amide bonds. The van der Waals surface area contributed by atoms with Gasteiger partial charge in [-0.3, -0.25) is 0 Å². The first-order chi connectivity index (χ1) is 7.22. The zero-order valence-corrected chi connectivity index (χ0v) is 9.92. The number of hydrogen-bond donors (Lipinski definition) is 0. The highest BCUT2D eigenvalue weighted by Crippen LogP contribution is 2.04. The van der Waals surface area contributed by atoms with Crippen LogP contribution in [-0.2, 0) is 0 Å². The minimum absolute atomic E-state index is 1.13. The van der Waals surface area contributed by atoms with Crippen molar-refractivity contribution in [3.63, 3.8) is 0 Å². The van der Waals surface area contributed by atoms with E-state index in [0.717, 1.165) is 10.7 Å². The van der Waals surface area contributed by atoms with Crippen LogP contribution in [0.25, 0.3) is 6.08 Å². The van der Waals surface area contributed by atoms with Crippen molar-refractivity contribution >= 4 is 17.4 Å². The molecule has 1 aromatic heterocycles. The number of hydrogen-bond acceptors (Lipinski definition) is 2. The standard InChI is InChI=1S/C8H8.C5H7NS/c1-2-8-6-4-3-5-7-8;1-4-3-7-5(2)6-4/h2-7H,1H2;3H,1-2H3. The summed E-state index contributed by atoms with van der Waals surface area (Å²) in [6.45, 7) is 7.65. The molecule has 0 bridgehead atoms. The lowest BCUT2D eigenvalue weighted by molar-refractivity contribution is 1.20. The van der Waals surface area contributed by atoms with E-state index in [9.17, 15) is 0 Å². The number of thiazole rings is 1. The summed E-state index contributed by atoms with van der Waals surface area (Å²) < 4.78 is 0. The van der Waals surface area contributed by atoms with E-state index in [2.05, 4.69) is 16.9 Å². The Balaban J connectivity index is 0.000000151. The lowest BCUT2D eigenvalue weighted by atomic mass is 10.2. The topological polar surface area (TPSA) is 12.9 Å². The summed E-state index contributed by atoms with van der Waals surface area (Å²) >= 11 is 1.69. The van der Waals surface area contributed by atoms with Gasteiger partial charge in [-0.2, -0.15) is 0 Å². The summed E-state index contributed by atoms with van der Waals surface area (Å²) in [5, 5.41) is 3.20. The third kappa shape index (κ3) is 4.56. The van der Waals surface area contributed by atoms with E-state index in [1.807, 2.05) is 50.3 Å². The molecule has 0 fully saturated rings. The van der Waals surface area contributed by atoms with Gasteiger partial charge in [-0.1, -0.05) is 43.0 Å². The molecule has 2 heteroatoms. The molecule has 0 saturated carbocycles. The van der Waals surface area contributed by atoms with Crippen LogP contribution in [0.15, 0.2) is 42.3 Å². The van der Waals surface area contributed by atoms with Crippen LogP contribution in [-0.4, -0.2) is 4.98 Å². The quantitative estimate of drug-likeness (QED) is 0.701. The van der Waals surface area contributed by atoms with Gasteiger partial charge >= 0.3 is 0 Å². The van der Waals surface area contributed by atoms with Crippen molar-refractivity contribution in [2.45, 2.75) is 13.8 Å². The average molecular weight is 217 g/mol. The fraction of sp³-hybridized carbons (Fsp3) is 0.154. The highest BCUT2D eigenvalue weighted by atomic mass is 32.1. The predicted octanol–water partition coefficient (Wildman–Crippen LogP) is 4.09. The first kappa shape index (κ1) is 11.7. The fourth-order valence-electron chi connectivity index (χ4n) is 1.06. The average Bonchev–Trinajstić information content (AvgIpc) is 2.65. The van der Waals surface area contributed by atoms with Crippen LogP contribution in [0.4, 0.5) is 0 Å². The van der Waals surface area contributed by atoms with Gasteiger partial charge in [0.15, 0.2) is 0 Å². The molecule has 2 rings (SSSR count). The first-order valence-electron chi connectivity index (χ1n) is 4.78. The smallest absolute Gasteiger partial charge is 0.0897 e. The van der Waals surface area contributed by atoms with Crippen molar-refractivity contribution in [3.8, 4) is 0 Å². The molecule has 0 aliphatic carbocycles. The van der Waals surface area contributed by atoms with E-state index in [-0.39, 0.29) is 0 Å². The third-order valence-corrected chi connectivity index (χ3v) is 2.66. The molecular formula is C13H15NS. The molecule has 0 N–H and O–H groups in total. The SMILES string of the molecule is C=Cc1ccccc1.Cc1csc(C)n1. The van der Waals surface area contributed by atoms with Crippen LogP contribution in [0.3, 0.4) is 0 Å². The molecular weight excluding hydrogens is 202 g/mol. The van der Waals surface area contributed by atoms with Crippen LogP contribution in [0.2, 0.25) is 0 Å². The second-order valence-corrected chi connectivity index (χ2v) is 4.18. The Bertz CT molecular complexity index is 387. The van der Waals surface area contributed by atoms with Gasteiger partial charge in [-0.05, 0) is 19.4 Å². The van der Waals surface area contributed by atoms with Gasteiger partial charge in [0.05, 0.1) is 5.01 Å². The number of nitrogens with zero attached hydrogens (tertiary/aromatic N) is 1. The largest absolute Gasteiger partial charge is 0.247 e. The molecule has 1 nitrogen and oxygen atoms in total. The van der Waals surface area contributed by atoms with Crippen LogP contribution in [0.1, 0.15) is 16.3 Å². The third-order valence-electron chi connectivity index (χ3n) is 1.77. The van der Waals surface area contributed by atoms with Crippen LogP contribution < -0.4 is 0 Å². The van der Waals surface area contributed by atoms with E-state index in [4.69, 9.17) is 0 Å². The fourth-order valence-corrected chi connectivity index (χ4v) is 1.65. The molecule has 0 aliphatic heterocycles. The highest BCUT2D eigenvalue weighted by molar-refractivity contribution is 7.09. The molecule has 15 heavy (non-hydrogen) atoms. The van der Waals surface area contributed by atoms with Crippen molar-refractivity contribution in [1.29, 1.82) is 0 Å². The van der Waals surface area contributed by atoms with E-state index in [1.54, 1.807) is 11.3 Å². The lowest BCUT2D eigenvalue weighted by Gasteiger charge is -1.85. The molecule has 0 saturated heterocycles. The van der Waals surface area contributed by atoms with Gasteiger partial charge in [0.25, 0.3) is 0 Å². The van der Waals surface area contributed by atoms with Crippen LogP contribution in [0.5, 0.6) is 0 Å². The second-order valence-electron chi connectivity index (χ2n) is 3.12. The van der Waals surface area contributed by atoms with Gasteiger partial charge in [-0.15, -0.1) is 11.3 Å². The number of aryl methyl sites for hydroxylation is 2. The molecule has 1 heterocycles. The second kappa shape index (κ2) is 6.14. The Morgan fingerprint density at radius 1 is 1.20 bits per heavy atom. The highest BCUT2D eigenvalue weighted by Gasteiger charge is 1.86. The van der Waals surface area contributed by atoms with Crippen molar-refractivity contribution in [2.24, 2.45) is 0 Å². The molecule has 0 atom stereocenters. The normalized spacial score (nSPS) is 8.93. The number of rotatable bonds is 1. The summed E-state index contributed by atoms with van der Waals surface area (Å²) in [5.74, 6) is 0. The summed E-state index contributed by atoms with van der Waals surface area (Å²) in [5.41, 5.74) is 2.30.